The van der Waals surface area contributed by atoms with Crippen LogP contribution >= 0.6 is 11.6 Å². The summed E-state index contributed by atoms with van der Waals surface area (Å²) in [5.74, 6) is -1.04. The number of nitrogens with one attached hydrogen (secondary N) is 1. The quantitative estimate of drug-likeness (QED) is 0.379. The second-order valence-electron chi connectivity index (χ2n) is 8.67. The van der Waals surface area contributed by atoms with Crippen LogP contribution in [0.25, 0.3) is 22.8 Å². The molecule has 1 aliphatic carbocycles. The van der Waals surface area contributed by atoms with Gasteiger partial charge in [-0.3, -0.25) is 9.78 Å². The molecule has 1 N–H and O–H groups in total. The maximum absolute atomic E-state index is 13.2. The molecule has 12 heteroatoms. The zero-order chi connectivity index (χ0) is 26.5. The van der Waals surface area contributed by atoms with E-state index in [-0.39, 0.29) is 59.0 Å². The van der Waals surface area contributed by atoms with Crippen molar-refractivity contribution in [2.24, 2.45) is 5.41 Å². The van der Waals surface area contributed by atoms with E-state index < -0.39 is 34.8 Å². The van der Waals surface area contributed by atoms with Gasteiger partial charge in [0, 0.05) is 17.5 Å². The highest BCUT2D eigenvalue weighted by atomic mass is 35.5. The Balaban J connectivity index is 1.62. The fourth-order valence-corrected chi connectivity index (χ4v) is 4.22. The van der Waals surface area contributed by atoms with Crippen LogP contribution < -0.4 is 5.69 Å². The summed E-state index contributed by atoms with van der Waals surface area (Å²) in [4.78, 5) is 34.8. The predicted octanol–water partition coefficient (Wildman–Crippen LogP) is 6.32. The number of Topliss-reactive ketones (excluding diaryl/α,β-unsaturated/α-hetero) is 1. The molecule has 0 spiro atoms. The van der Waals surface area contributed by atoms with E-state index in [4.69, 9.17) is 11.6 Å². The monoisotopic (exact) mass is 529 g/mol. The SMILES string of the molecule is Cc1cc(-c2nc(-c3cc(CCC(=O)C4(C(F)(F)F)CC4)ccc3Cl)[nH]c(=O)n2)ccc1C(F)(F)F. The molecular formula is C24H18ClF6N3O2. The predicted molar refractivity (Wildman–Crippen MR) is 119 cm³/mol. The number of ketones is 1. The van der Waals surface area contributed by atoms with Gasteiger partial charge in [0.15, 0.2) is 5.82 Å². The summed E-state index contributed by atoms with van der Waals surface area (Å²) in [6.45, 7) is 1.27. The number of H-pyrrole nitrogens is 1. The maximum atomic E-state index is 13.2. The highest BCUT2D eigenvalue weighted by Gasteiger charge is 2.67. The smallest absolute Gasteiger partial charge is 0.299 e. The van der Waals surface area contributed by atoms with Crippen LogP contribution in [0.5, 0.6) is 0 Å². The van der Waals surface area contributed by atoms with Gasteiger partial charge in [-0.05, 0) is 61.6 Å². The van der Waals surface area contributed by atoms with E-state index in [1.165, 1.54) is 25.1 Å². The van der Waals surface area contributed by atoms with Crippen molar-refractivity contribution in [1.29, 1.82) is 0 Å². The van der Waals surface area contributed by atoms with Gasteiger partial charge in [-0.15, -0.1) is 0 Å². The Morgan fingerprint density at radius 1 is 1.06 bits per heavy atom. The maximum Gasteiger partial charge on any atom is 0.416 e. The number of halogens is 7. The topological polar surface area (TPSA) is 75.7 Å². The third-order valence-corrected chi connectivity index (χ3v) is 6.52. The Bertz CT molecular complexity index is 1390. The number of carbonyl (C=O) groups is 1. The van der Waals surface area contributed by atoms with Crippen LogP contribution in [0.3, 0.4) is 0 Å². The molecule has 4 rings (SSSR count). The second-order valence-corrected chi connectivity index (χ2v) is 9.08. The number of hydrogen-bond donors (Lipinski definition) is 1. The van der Waals surface area contributed by atoms with Crippen molar-refractivity contribution in [1.82, 2.24) is 15.0 Å². The minimum Gasteiger partial charge on any atom is -0.299 e. The molecule has 3 aromatic rings. The average molecular weight is 530 g/mol. The van der Waals surface area contributed by atoms with Crippen LogP contribution in [0.1, 0.15) is 36.0 Å². The standard InChI is InChI=1S/C24H18ClF6N3O2/c1-12-10-14(4-5-16(12)23(26,27)28)19-32-20(34-21(36)33-19)15-11-13(2-6-17(15)25)3-7-18(35)22(8-9-22)24(29,30)31/h2,4-6,10-11H,3,7-9H2,1H3,(H,32,33,34,36). The molecule has 36 heavy (non-hydrogen) atoms. The minimum absolute atomic E-state index is 0.0150. The third-order valence-electron chi connectivity index (χ3n) is 6.19. The first-order valence-corrected chi connectivity index (χ1v) is 11.1. The number of carbonyl (C=O) groups excluding carboxylic acids is 1. The minimum atomic E-state index is -4.58. The van der Waals surface area contributed by atoms with E-state index >= 15 is 0 Å². The summed E-state index contributed by atoms with van der Waals surface area (Å²) in [6, 6.07) is 7.71. The van der Waals surface area contributed by atoms with E-state index in [0.717, 1.165) is 12.1 Å². The number of hydrogen-bond acceptors (Lipinski definition) is 4. The highest BCUT2D eigenvalue weighted by molar-refractivity contribution is 6.33. The van der Waals surface area contributed by atoms with E-state index in [1.54, 1.807) is 6.07 Å². The van der Waals surface area contributed by atoms with Crippen LogP contribution in [0.15, 0.2) is 41.2 Å². The van der Waals surface area contributed by atoms with Crippen molar-refractivity contribution < 1.29 is 31.1 Å². The zero-order valence-electron chi connectivity index (χ0n) is 18.6. The summed E-state index contributed by atoms with van der Waals surface area (Å²) >= 11 is 6.26. The van der Waals surface area contributed by atoms with Crippen LogP contribution in [0.4, 0.5) is 26.3 Å². The van der Waals surface area contributed by atoms with Crippen LogP contribution in [0.2, 0.25) is 5.02 Å². The molecule has 0 bridgehead atoms. The molecule has 0 atom stereocenters. The van der Waals surface area contributed by atoms with Crippen molar-refractivity contribution >= 4 is 17.4 Å². The molecule has 5 nitrogen and oxygen atoms in total. The van der Waals surface area contributed by atoms with Gasteiger partial charge < -0.3 is 0 Å². The van der Waals surface area contributed by atoms with E-state index in [2.05, 4.69) is 15.0 Å². The Morgan fingerprint density at radius 3 is 2.33 bits per heavy atom. The lowest BCUT2D eigenvalue weighted by atomic mass is 9.94. The molecule has 0 aliphatic heterocycles. The molecule has 190 valence electrons. The Hall–Kier alpha value is -3.21. The lowest BCUT2D eigenvalue weighted by molar-refractivity contribution is -0.191. The molecule has 0 unspecified atom stereocenters. The number of benzene rings is 2. The number of aryl methyl sites for hydroxylation is 2. The molecule has 0 radical (unpaired) electrons. The van der Waals surface area contributed by atoms with E-state index in [0.29, 0.717) is 5.56 Å². The number of nitrogens with zero attached hydrogens (tertiary/aromatic N) is 2. The van der Waals surface area contributed by atoms with Crippen molar-refractivity contribution in [3.8, 4) is 22.8 Å². The Morgan fingerprint density at radius 2 is 1.75 bits per heavy atom. The fourth-order valence-electron chi connectivity index (χ4n) is 4.01. The normalized spacial score (nSPS) is 15.1. The lowest BCUT2D eigenvalue weighted by Gasteiger charge is -2.17. The largest absolute Gasteiger partial charge is 0.416 e. The first-order chi connectivity index (χ1) is 16.7. The number of aromatic amines is 1. The van der Waals surface area contributed by atoms with Gasteiger partial charge >= 0.3 is 18.0 Å². The van der Waals surface area contributed by atoms with Gasteiger partial charge in [0.05, 0.1) is 10.6 Å². The van der Waals surface area contributed by atoms with Crippen molar-refractivity contribution in [3.63, 3.8) is 0 Å². The second kappa shape index (κ2) is 9.02. The molecule has 2 aromatic carbocycles. The fraction of sp³-hybridized carbons (Fsp3) is 0.333. The number of rotatable bonds is 6. The van der Waals surface area contributed by atoms with Gasteiger partial charge in [0.2, 0.25) is 0 Å². The Labute approximate surface area is 205 Å². The van der Waals surface area contributed by atoms with Crippen molar-refractivity contribution in [3.05, 3.63) is 68.6 Å². The van der Waals surface area contributed by atoms with Gasteiger partial charge in [0.25, 0.3) is 0 Å². The summed E-state index contributed by atoms with van der Waals surface area (Å²) in [7, 11) is 0. The molecular weight excluding hydrogens is 512 g/mol. The molecule has 0 amide bonds. The molecule has 0 saturated heterocycles. The van der Waals surface area contributed by atoms with Gasteiger partial charge in [-0.1, -0.05) is 23.7 Å². The highest BCUT2D eigenvalue weighted by Crippen LogP contribution is 2.58. The number of aromatic nitrogens is 3. The molecule has 1 heterocycles. The van der Waals surface area contributed by atoms with E-state index in [1.807, 2.05) is 0 Å². The first-order valence-electron chi connectivity index (χ1n) is 10.8. The molecule has 1 saturated carbocycles. The molecule has 1 aliphatic rings. The van der Waals surface area contributed by atoms with Crippen LogP contribution in [0, 0.1) is 12.3 Å². The zero-order valence-corrected chi connectivity index (χ0v) is 19.4. The first kappa shape index (κ1) is 25.9. The summed E-state index contributed by atoms with van der Waals surface area (Å²) in [6.07, 6.45) is -9.86. The Kier molecular flexibility index (Phi) is 6.48. The molecule has 1 aromatic heterocycles. The summed E-state index contributed by atoms with van der Waals surface area (Å²) in [5, 5.41) is 0.155. The lowest BCUT2D eigenvalue weighted by Crippen LogP contribution is -2.32. The third kappa shape index (κ3) is 5.02. The average Bonchev–Trinajstić information content (AvgIpc) is 3.59. The summed E-state index contributed by atoms with van der Waals surface area (Å²) in [5.41, 5.74) is -3.11. The van der Waals surface area contributed by atoms with Crippen LogP contribution in [-0.2, 0) is 17.4 Å². The van der Waals surface area contributed by atoms with Crippen molar-refractivity contribution in [2.45, 2.75) is 45.0 Å². The number of alkyl halides is 6. The van der Waals surface area contributed by atoms with E-state index in [9.17, 15) is 35.9 Å². The van der Waals surface area contributed by atoms with Crippen molar-refractivity contribution in [2.75, 3.05) is 0 Å². The summed E-state index contributed by atoms with van der Waals surface area (Å²) < 4.78 is 78.8. The molecule has 1 fully saturated rings. The van der Waals surface area contributed by atoms with Gasteiger partial charge in [-0.2, -0.15) is 31.3 Å². The van der Waals surface area contributed by atoms with Gasteiger partial charge in [-0.25, -0.2) is 9.78 Å². The van der Waals surface area contributed by atoms with Gasteiger partial charge in [0.1, 0.15) is 17.0 Å². The van der Waals surface area contributed by atoms with Crippen LogP contribution in [-0.4, -0.2) is 26.9 Å².